The topological polar surface area (TPSA) is 71.9 Å². The Morgan fingerprint density at radius 3 is 2.45 bits per heavy atom. The standard InChI is InChI=1S/C14H17N4O2/c1-13(2)14(3,4)18(20)12(17(13)19)10-8-9-6-5-7-15-11(9)16-10/h5-8,19H,1-4H3/b12-10+. The average molecular weight is 273 g/mol. The van der Waals surface area contributed by atoms with Crippen LogP contribution in [0.1, 0.15) is 27.7 Å². The fraction of sp³-hybridized carbons (Fsp3) is 0.429. The van der Waals surface area contributed by atoms with Gasteiger partial charge in [-0.2, -0.15) is 5.06 Å². The summed E-state index contributed by atoms with van der Waals surface area (Å²) in [5.41, 5.74) is -0.479. The van der Waals surface area contributed by atoms with Gasteiger partial charge in [0.15, 0.2) is 11.3 Å². The van der Waals surface area contributed by atoms with Crippen LogP contribution >= 0.6 is 0 Å². The van der Waals surface area contributed by atoms with Crippen molar-refractivity contribution in [2.75, 3.05) is 0 Å². The highest BCUT2D eigenvalue weighted by Gasteiger charge is 2.57. The van der Waals surface area contributed by atoms with Crippen molar-refractivity contribution in [3.63, 3.8) is 0 Å². The van der Waals surface area contributed by atoms with E-state index in [9.17, 15) is 10.4 Å². The average Bonchev–Trinajstić information content (AvgIpc) is 2.85. The van der Waals surface area contributed by atoms with Crippen LogP contribution in [0.5, 0.6) is 0 Å². The molecule has 6 nitrogen and oxygen atoms in total. The lowest BCUT2D eigenvalue weighted by molar-refractivity contribution is -0.181. The molecule has 0 amide bonds. The van der Waals surface area contributed by atoms with Gasteiger partial charge in [0, 0.05) is 11.4 Å². The lowest BCUT2D eigenvalue weighted by Gasteiger charge is -2.36. The largest absolute Gasteiger partial charge is 0.286 e. The minimum absolute atomic E-state index is 0.165. The van der Waals surface area contributed by atoms with E-state index in [1.807, 2.05) is 26.0 Å². The zero-order valence-corrected chi connectivity index (χ0v) is 12.0. The monoisotopic (exact) mass is 273 g/mol. The van der Waals surface area contributed by atoms with Gasteiger partial charge >= 0.3 is 0 Å². The molecule has 2 aliphatic rings. The molecule has 0 atom stereocenters. The third-order valence-electron chi connectivity index (χ3n) is 4.49. The maximum Gasteiger partial charge on any atom is 0.183 e. The Bertz CT molecular complexity index is 662. The Labute approximate surface area is 116 Å². The molecule has 6 heteroatoms. The molecule has 0 spiro atoms. The molecule has 0 aromatic carbocycles. The zero-order chi connectivity index (χ0) is 14.7. The number of hydrogen-bond donors (Lipinski definition) is 1. The summed E-state index contributed by atoms with van der Waals surface area (Å²) in [6.07, 6.45) is 3.42. The molecule has 0 unspecified atom stereocenters. The maximum atomic E-state index is 12.5. The summed E-state index contributed by atoms with van der Waals surface area (Å²) >= 11 is 0. The number of rotatable bonds is 0. The van der Waals surface area contributed by atoms with Gasteiger partial charge in [-0.05, 0) is 45.9 Å². The van der Waals surface area contributed by atoms with E-state index in [1.165, 1.54) is 0 Å². The molecule has 105 valence electrons. The van der Waals surface area contributed by atoms with Gasteiger partial charge in [-0.3, -0.25) is 5.21 Å². The quantitative estimate of drug-likeness (QED) is 0.750. The summed E-state index contributed by atoms with van der Waals surface area (Å²) < 4.78 is 0. The first kappa shape index (κ1) is 13.1. The number of pyridine rings is 1. The van der Waals surface area contributed by atoms with E-state index < -0.39 is 11.1 Å². The first-order valence-corrected chi connectivity index (χ1v) is 6.49. The van der Waals surface area contributed by atoms with Gasteiger partial charge in [0.25, 0.3) is 0 Å². The van der Waals surface area contributed by atoms with Crippen LogP contribution in [0.4, 0.5) is 0 Å². The Morgan fingerprint density at radius 1 is 1.20 bits per heavy atom. The highest BCUT2D eigenvalue weighted by Crippen LogP contribution is 2.44. The Balaban J connectivity index is 2.22. The van der Waals surface area contributed by atoms with E-state index in [0.29, 0.717) is 11.2 Å². The number of allylic oxidation sites excluding steroid dienone is 1. The maximum absolute atomic E-state index is 12.5. The van der Waals surface area contributed by atoms with E-state index >= 15 is 0 Å². The molecule has 20 heavy (non-hydrogen) atoms. The Hall–Kier alpha value is -1.92. The van der Waals surface area contributed by atoms with Crippen molar-refractivity contribution in [3.8, 4) is 0 Å². The Morgan fingerprint density at radius 2 is 1.90 bits per heavy atom. The second kappa shape index (κ2) is 3.80. The van der Waals surface area contributed by atoms with Crippen LogP contribution in [-0.4, -0.2) is 31.4 Å². The summed E-state index contributed by atoms with van der Waals surface area (Å²) in [4.78, 5) is 8.49. The van der Waals surface area contributed by atoms with Gasteiger partial charge in [-0.25, -0.2) is 15.0 Å². The molecular weight excluding hydrogens is 256 g/mol. The lowest BCUT2D eigenvalue weighted by Crippen LogP contribution is -2.52. The zero-order valence-electron chi connectivity index (χ0n) is 12.0. The molecule has 1 radical (unpaired) electrons. The van der Waals surface area contributed by atoms with Gasteiger partial charge in [-0.15, -0.1) is 0 Å². The predicted molar refractivity (Wildman–Crippen MR) is 70.8 cm³/mol. The first-order valence-electron chi connectivity index (χ1n) is 6.49. The molecule has 1 saturated heterocycles. The van der Waals surface area contributed by atoms with E-state index in [0.717, 1.165) is 15.3 Å². The van der Waals surface area contributed by atoms with Crippen LogP contribution < -0.4 is 10.7 Å². The van der Waals surface area contributed by atoms with Crippen molar-refractivity contribution in [2.45, 2.75) is 38.8 Å². The summed E-state index contributed by atoms with van der Waals surface area (Å²) in [6.45, 7) is 7.26. The highest BCUT2D eigenvalue weighted by molar-refractivity contribution is 5.51. The molecule has 1 aromatic rings. The third-order valence-corrected chi connectivity index (χ3v) is 4.49. The summed E-state index contributed by atoms with van der Waals surface area (Å²) in [6, 6.07) is 3.69. The van der Waals surface area contributed by atoms with Crippen LogP contribution in [0.2, 0.25) is 0 Å². The van der Waals surface area contributed by atoms with Gasteiger partial charge < -0.3 is 0 Å². The highest BCUT2D eigenvalue weighted by atomic mass is 16.6. The first-order chi connectivity index (χ1) is 9.26. The van der Waals surface area contributed by atoms with Crippen molar-refractivity contribution in [2.24, 2.45) is 4.99 Å². The fourth-order valence-corrected chi connectivity index (χ4v) is 2.36. The van der Waals surface area contributed by atoms with Gasteiger partial charge in [0.2, 0.25) is 0 Å². The molecule has 1 aromatic heterocycles. The SMILES string of the molecule is CC1(C)N([O])/C(=C2\C=c3cccnc3=N2)N(O)C1(C)C. The van der Waals surface area contributed by atoms with Crippen LogP contribution in [-0.2, 0) is 5.21 Å². The second-order valence-corrected chi connectivity index (χ2v) is 6.11. The lowest BCUT2D eigenvalue weighted by atomic mass is 9.84. The number of fused-ring (bicyclic) bond motifs is 1. The van der Waals surface area contributed by atoms with Crippen molar-refractivity contribution in [1.82, 2.24) is 15.1 Å². The minimum atomic E-state index is -0.768. The molecule has 0 saturated carbocycles. The van der Waals surface area contributed by atoms with Crippen molar-refractivity contribution >= 4 is 6.08 Å². The molecule has 3 rings (SSSR count). The molecule has 0 aliphatic carbocycles. The normalized spacial score (nSPS) is 26.3. The van der Waals surface area contributed by atoms with Crippen LogP contribution in [0.3, 0.4) is 0 Å². The second-order valence-electron chi connectivity index (χ2n) is 6.11. The van der Waals surface area contributed by atoms with Crippen LogP contribution in [0, 0.1) is 0 Å². The number of hydrogen-bond acceptors (Lipinski definition) is 5. The number of aromatic nitrogens is 1. The molecule has 3 heterocycles. The number of nitrogens with zero attached hydrogens (tertiary/aromatic N) is 4. The van der Waals surface area contributed by atoms with Crippen LogP contribution in [0.15, 0.2) is 34.8 Å². The van der Waals surface area contributed by atoms with E-state index in [4.69, 9.17) is 0 Å². The third kappa shape index (κ3) is 1.46. The van der Waals surface area contributed by atoms with Crippen molar-refractivity contribution < 1.29 is 10.4 Å². The molecule has 0 bridgehead atoms. The molecule has 2 aliphatic heterocycles. The smallest absolute Gasteiger partial charge is 0.183 e. The molecule has 1 N–H and O–H groups in total. The van der Waals surface area contributed by atoms with Crippen LogP contribution in [0.25, 0.3) is 6.08 Å². The number of hydroxylamine groups is 4. The summed E-state index contributed by atoms with van der Waals surface area (Å²) in [5.74, 6) is 0.165. The molecular formula is C14H17N4O2. The summed E-state index contributed by atoms with van der Waals surface area (Å²) in [7, 11) is 0. The minimum Gasteiger partial charge on any atom is -0.286 e. The van der Waals surface area contributed by atoms with Gasteiger partial charge in [0.1, 0.15) is 5.70 Å². The molecule has 1 fully saturated rings. The van der Waals surface area contributed by atoms with Crippen molar-refractivity contribution in [1.29, 1.82) is 0 Å². The fourth-order valence-electron chi connectivity index (χ4n) is 2.36. The summed E-state index contributed by atoms with van der Waals surface area (Å²) in [5, 5.41) is 25.6. The van der Waals surface area contributed by atoms with Gasteiger partial charge in [0.05, 0.1) is 11.1 Å². The van der Waals surface area contributed by atoms with Crippen molar-refractivity contribution in [3.05, 3.63) is 40.6 Å². The van der Waals surface area contributed by atoms with Gasteiger partial charge in [-0.1, -0.05) is 5.21 Å². The predicted octanol–water partition coefficient (Wildman–Crippen LogP) is 0.574. The van der Waals surface area contributed by atoms with E-state index in [-0.39, 0.29) is 5.82 Å². The Kier molecular flexibility index (Phi) is 2.49. The van der Waals surface area contributed by atoms with E-state index in [2.05, 4.69) is 9.98 Å². The van der Waals surface area contributed by atoms with E-state index in [1.54, 1.807) is 26.1 Å².